The molecule has 118 valence electrons. The number of rotatable bonds is 2. The second-order valence-electron chi connectivity index (χ2n) is 5.59. The maximum atomic E-state index is 11.8. The molecule has 2 amide bonds. The Bertz CT molecular complexity index is 658. The Morgan fingerprint density at radius 3 is 2.45 bits per heavy atom. The van der Waals surface area contributed by atoms with Gasteiger partial charge in [0.25, 0.3) is 11.1 Å². The number of hydrogen-bond donors (Lipinski definition) is 1. The van der Waals surface area contributed by atoms with Crippen molar-refractivity contribution in [3.63, 3.8) is 0 Å². The summed E-state index contributed by atoms with van der Waals surface area (Å²) in [5.74, 6) is 0.674. The number of hydrogen-bond acceptors (Lipinski definition) is 6. The average molecular weight is 321 g/mol. The Balaban J connectivity index is 1.96. The highest BCUT2D eigenvalue weighted by molar-refractivity contribution is 8.18. The lowest BCUT2D eigenvalue weighted by Crippen LogP contribution is -2.45. The molecule has 2 fully saturated rings. The van der Waals surface area contributed by atoms with Crippen molar-refractivity contribution in [2.45, 2.75) is 6.92 Å². The van der Waals surface area contributed by atoms with Crippen LogP contribution in [0.4, 0.5) is 10.6 Å². The Hall–Kier alpha value is -1.80. The lowest BCUT2D eigenvalue weighted by Gasteiger charge is -2.34. The first-order valence-corrected chi connectivity index (χ1v) is 7.99. The number of carbonyl (C=O) groups is 2. The van der Waals surface area contributed by atoms with E-state index in [0.717, 1.165) is 55.0 Å². The van der Waals surface area contributed by atoms with Gasteiger partial charge in [-0.1, -0.05) is 0 Å². The van der Waals surface area contributed by atoms with E-state index < -0.39 is 0 Å². The number of thioether (sulfide) groups is 1. The molecule has 0 radical (unpaired) electrons. The summed E-state index contributed by atoms with van der Waals surface area (Å²) in [6.07, 6.45) is 1.78. The zero-order valence-electron chi connectivity index (χ0n) is 12.9. The van der Waals surface area contributed by atoms with Crippen LogP contribution in [0.2, 0.25) is 0 Å². The number of imide groups is 1. The molecule has 7 nitrogen and oxygen atoms in total. The minimum atomic E-state index is -0.331. The van der Waals surface area contributed by atoms with E-state index in [-0.39, 0.29) is 11.1 Å². The van der Waals surface area contributed by atoms with Gasteiger partial charge in [0.2, 0.25) is 0 Å². The van der Waals surface area contributed by atoms with Crippen molar-refractivity contribution in [3.8, 4) is 0 Å². The summed E-state index contributed by atoms with van der Waals surface area (Å²) in [5, 5.41) is 6.45. The second-order valence-corrected chi connectivity index (χ2v) is 6.60. The van der Waals surface area contributed by atoms with Gasteiger partial charge in [0.05, 0.1) is 10.6 Å². The maximum absolute atomic E-state index is 11.8. The molecule has 2 aliphatic heterocycles. The molecular formula is C14H19N5O2S. The summed E-state index contributed by atoms with van der Waals surface area (Å²) in [7, 11) is 4.02. The van der Waals surface area contributed by atoms with Crippen LogP contribution in [0.25, 0.3) is 6.08 Å². The highest BCUT2D eigenvalue weighted by Gasteiger charge is 2.28. The van der Waals surface area contributed by atoms with Crippen LogP contribution in [-0.2, 0) is 11.8 Å². The van der Waals surface area contributed by atoms with E-state index in [1.807, 2.05) is 18.7 Å². The number of nitrogens with one attached hydrogen (secondary N) is 1. The Morgan fingerprint density at radius 2 is 1.86 bits per heavy atom. The maximum Gasteiger partial charge on any atom is 0.290 e. The van der Waals surface area contributed by atoms with Crippen molar-refractivity contribution in [1.29, 1.82) is 0 Å². The van der Waals surface area contributed by atoms with Crippen molar-refractivity contribution in [1.82, 2.24) is 20.0 Å². The van der Waals surface area contributed by atoms with Crippen LogP contribution < -0.4 is 10.2 Å². The lowest BCUT2D eigenvalue weighted by molar-refractivity contribution is -0.115. The van der Waals surface area contributed by atoms with Crippen LogP contribution in [0.3, 0.4) is 0 Å². The van der Waals surface area contributed by atoms with Crippen molar-refractivity contribution < 1.29 is 9.59 Å². The molecule has 2 saturated heterocycles. The van der Waals surface area contributed by atoms with Crippen LogP contribution in [0.1, 0.15) is 11.3 Å². The fourth-order valence-corrected chi connectivity index (χ4v) is 3.44. The predicted molar refractivity (Wildman–Crippen MR) is 86.8 cm³/mol. The first-order valence-electron chi connectivity index (χ1n) is 7.17. The van der Waals surface area contributed by atoms with E-state index in [0.29, 0.717) is 4.91 Å². The van der Waals surface area contributed by atoms with E-state index in [9.17, 15) is 9.59 Å². The second kappa shape index (κ2) is 5.77. The first kappa shape index (κ1) is 15.1. The highest BCUT2D eigenvalue weighted by atomic mass is 32.2. The van der Waals surface area contributed by atoms with E-state index in [4.69, 9.17) is 0 Å². The fourth-order valence-electron chi connectivity index (χ4n) is 2.78. The number of carbonyl (C=O) groups excluding carboxylic acids is 2. The summed E-state index contributed by atoms with van der Waals surface area (Å²) in [4.78, 5) is 28.1. The predicted octanol–water partition coefficient (Wildman–Crippen LogP) is 0.804. The molecule has 0 bridgehead atoms. The molecule has 2 aliphatic rings. The first-order chi connectivity index (χ1) is 10.5. The van der Waals surface area contributed by atoms with Gasteiger partial charge in [-0.05, 0) is 31.8 Å². The standard InChI is InChI=1S/C14H19N5O2S/c1-9-10(8-11-12(20)15-14(21)22-11)13(18(3)16-9)19-6-4-17(2)5-7-19/h8H,4-7H2,1-3H3,(H,15,20,21)/b11-8-. The van der Waals surface area contributed by atoms with Crippen LogP contribution >= 0.6 is 11.8 Å². The number of likely N-dealkylation sites (N-methyl/N-ethyl adjacent to an activating group) is 1. The summed E-state index contributed by atoms with van der Waals surface area (Å²) < 4.78 is 1.85. The minimum Gasteiger partial charge on any atom is -0.354 e. The monoisotopic (exact) mass is 321 g/mol. The number of amides is 2. The number of nitrogens with zero attached hydrogens (tertiary/aromatic N) is 4. The molecule has 0 atom stereocenters. The van der Waals surface area contributed by atoms with Gasteiger partial charge in [-0.3, -0.25) is 19.6 Å². The van der Waals surface area contributed by atoms with E-state index in [1.165, 1.54) is 0 Å². The van der Waals surface area contributed by atoms with Crippen LogP contribution in [0.15, 0.2) is 4.91 Å². The molecular weight excluding hydrogens is 302 g/mol. The van der Waals surface area contributed by atoms with Gasteiger partial charge in [0, 0.05) is 38.8 Å². The molecule has 0 aromatic carbocycles. The van der Waals surface area contributed by atoms with E-state index >= 15 is 0 Å². The third-order valence-corrected chi connectivity index (χ3v) is 4.77. The zero-order valence-corrected chi connectivity index (χ0v) is 13.7. The molecule has 1 aromatic rings. The smallest absolute Gasteiger partial charge is 0.290 e. The SMILES string of the molecule is Cc1nn(C)c(N2CCN(C)CC2)c1/C=C1\SC(=O)NC1=O. The third-order valence-electron chi connectivity index (χ3n) is 3.96. The number of piperazine rings is 1. The molecule has 0 spiro atoms. The quantitative estimate of drug-likeness (QED) is 0.813. The molecule has 22 heavy (non-hydrogen) atoms. The van der Waals surface area contributed by atoms with Crippen LogP contribution in [-0.4, -0.2) is 59.1 Å². The molecule has 3 rings (SSSR count). The highest BCUT2D eigenvalue weighted by Crippen LogP contribution is 2.31. The van der Waals surface area contributed by atoms with Crippen molar-refractivity contribution in [2.24, 2.45) is 7.05 Å². The normalized spacial score (nSPS) is 21.8. The van der Waals surface area contributed by atoms with E-state index in [2.05, 4.69) is 27.3 Å². The van der Waals surface area contributed by atoms with Gasteiger partial charge >= 0.3 is 0 Å². The molecule has 3 heterocycles. The van der Waals surface area contributed by atoms with Gasteiger partial charge in [-0.15, -0.1) is 0 Å². The minimum absolute atomic E-state index is 0.320. The van der Waals surface area contributed by atoms with Crippen molar-refractivity contribution >= 4 is 34.8 Å². The Kier molecular flexibility index (Phi) is 3.96. The Morgan fingerprint density at radius 1 is 1.18 bits per heavy atom. The lowest BCUT2D eigenvalue weighted by atomic mass is 10.2. The zero-order chi connectivity index (χ0) is 15.9. The van der Waals surface area contributed by atoms with Gasteiger partial charge in [0.15, 0.2) is 0 Å². The average Bonchev–Trinajstić information content (AvgIpc) is 2.91. The number of anilines is 1. The number of aromatic nitrogens is 2. The molecule has 8 heteroatoms. The third kappa shape index (κ3) is 2.76. The molecule has 1 aromatic heterocycles. The van der Waals surface area contributed by atoms with Crippen molar-refractivity contribution in [3.05, 3.63) is 16.2 Å². The van der Waals surface area contributed by atoms with E-state index in [1.54, 1.807) is 6.08 Å². The van der Waals surface area contributed by atoms with Gasteiger partial charge in [-0.2, -0.15) is 5.10 Å². The molecule has 0 saturated carbocycles. The van der Waals surface area contributed by atoms with Crippen molar-refractivity contribution in [2.75, 3.05) is 38.1 Å². The van der Waals surface area contributed by atoms with Gasteiger partial charge < -0.3 is 9.80 Å². The summed E-state index contributed by atoms with van der Waals surface area (Å²) in [6, 6.07) is 0. The largest absolute Gasteiger partial charge is 0.354 e. The van der Waals surface area contributed by atoms with Gasteiger partial charge in [0.1, 0.15) is 5.82 Å². The van der Waals surface area contributed by atoms with Crippen LogP contribution in [0, 0.1) is 6.92 Å². The fraction of sp³-hybridized carbons (Fsp3) is 0.500. The molecule has 0 aliphatic carbocycles. The van der Waals surface area contributed by atoms with Crippen LogP contribution in [0.5, 0.6) is 0 Å². The number of aryl methyl sites for hydroxylation is 2. The topological polar surface area (TPSA) is 70.5 Å². The summed E-state index contributed by atoms with van der Waals surface area (Å²) in [6.45, 7) is 5.75. The van der Waals surface area contributed by atoms with Gasteiger partial charge in [-0.25, -0.2) is 0 Å². The Labute approximate surface area is 133 Å². The molecule has 1 N–H and O–H groups in total. The summed E-state index contributed by atoms with van der Waals surface area (Å²) in [5.41, 5.74) is 1.77. The molecule has 0 unspecified atom stereocenters. The summed E-state index contributed by atoms with van der Waals surface area (Å²) >= 11 is 0.940.